The zero-order valence-corrected chi connectivity index (χ0v) is 10.4. The third-order valence-corrected chi connectivity index (χ3v) is 3.87. The third kappa shape index (κ3) is 3.79. The molecule has 3 N–H and O–H groups in total. The Morgan fingerprint density at radius 2 is 2.12 bits per heavy atom. The van der Waals surface area contributed by atoms with E-state index >= 15 is 0 Å². The van der Waals surface area contributed by atoms with E-state index in [1.54, 1.807) is 0 Å². The molecule has 2 rings (SSSR count). The highest BCUT2D eigenvalue weighted by Gasteiger charge is 2.22. The highest BCUT2D eigenvalue weighted by Crippen LogP contribution is 2.27. The van der Waals surface area contributed by atoms with Gasteiger partial charge in [0.25, 0.3) is 0 Å². The molecule has 0 saturated heterocycles. The molecular weight excluding hydrogens is 210 g/mol. The molecule has 17 heavy (non-hydrogen) atoms. The number of pyridine rings is 1. The minimum Gasteiger partial charge on any atom is -0.271 e. The van der Waals surface area contributed by atoms with Crippen LogP contribution in [-0.4, -0.2) is 11.0 Å². The number of aromatic nitrogens is 1. The van der Waals surface area contributed by atoms with Gasteiger partial charge in [-0.1, -0.05) is 25.3 Å². The fourth-order valence-electron chi connectivity index (χ4n) is 2.84. The summed E-state index contributed by atoms with van der Waals surface area (Å²) in [5.74, 6) is 6.46. The van der Waals surface area contributed by atoms with Gasteiger partial charge in [0.1, 0.15) is 0 Å². The number of aryl methyl sites for hydroxylation is 1. The summed E-state index contributed by atoms with van der Waals surface area (Å²) < 4.78 is 0. The van der Waals surface area contributed by atoms with Crippen LogP contribution in [0.1, 0.15) is 44.2 Å². The molecule has 1 aliphatic rings. The van der Waals surface area contributed by atoms with Gasteiger partial charge >= 0.3 is 0 Å². The van der Waals surface area contributed by atoms with Crippen molar-refractivity contribution in [2.24, 2.45) is 11.8 Å². The zero-order valence-electron chi connectivity index (χ0n) is 10.4. The summed E-state index contributed by atoms with van der Waals surface area (Å²) in [6.45, 7) is 0. The summed E-state index contributed by atoms with van der Waals surface area (Å²) in [5.41, 5.74) is 4.18. The van der Waals surface area contributed by atoms with Crippen molar-refractivity contribution in [3.8, 4) is 0 Å². The van der Waals surface area contributed by atoms with Gasteiger partial charge in [-0.25, -0.2) is 0 Å². The molecule has 1 aromatic heterocycles. The van der Waals surface area contributed by atoms with E-state index in [1.165, 1.54) is 37.8 Å². The van der Waals surface area contributed by atoms with Gasteiger partial charge in [0.2, 0.25) is 0 Å². The third-order valence-electron chi connectivity index (χ3n) is 3.87. The van der Waals surface area contributed by atoms with Crippen molar-refractivity contribution in [3.63, 3.8) is 0 Å². The van der Waals surface area contributed by atoms with Crippen LogP contribution in [0.4, 0.5) is 0 Å². The van der Waals surface area contributed by atoms with Crippen LogP contribution in [-0.2, 0) is 6.42 Å². The van der Waals surface area contributed by atoms with Gasteiger partial charge in [0.15, 0.2) is 0 Å². The fraction of sp³-hybridized carbons (Fsp3) is 0.643. The molecule has 3 nitrogen and oxygen atoms in total. The Balaban J connectivity index is 1.82. The predicted molar refractivity (Wildman–Crippen MR) is 70.2 cm³/mol. The molecule has 3 heteroatoms. The molecular formula is C14H23N3. The van der Waals surface area contributed by atoms with E-state index in [9.17, 15) is 0 Å². The van der Waals surface area contributed by atoms with Crippen LogP contribution in [0.15, 0.2) is 24.4 Å². The maximum Gasteiger partial charge on any atom is 0.0404 e. The lowest BCUT2D eigenvalue weighted by molar-refractivity contribution is 0.259. The van der Waals surface area contributed by atoms with E-state index in [-0.39, 0.29) is 0 Å². The lowest BCUT2D eigenvalue weighted by Crippen LogP contribution is -2.42. The molecule has 1 unspecified atom stereocenters. The first-order valence-electron chi connectivity index (χ1n) is 6.76. The van der Waals surface area contributed by atoms with E-state index in [1.807, 2.05) is 18.3 Å². The molecule has 94 valence electrons. The molecule has 0 bridgehead atoms. The topological polar surface area (TPSA) is 50.9 Å². The molecule has 0 spiro atoms. The lowest BCUT2D eigenvalue weighted by Gasteiger charge is -2.29. The number of rotatable bonds is 5. The Morgan fingerprint density at radius 3 is 2.76 bits per heavy atom. The molecule has 1 fully saturated rings. The normalized spacial score (nSPS) is 19.1. The second-order valence-electron chi connectivity index (χ2n) is 5.03. The summed E-state index contributed by atoms with van der Waals surface area (Å²) in [6, 6.07) is 6.56. The van der Waals surface area contributed by atoms with Gasteiger partial charge in [-0.3, -0.25) is 16.3 Å². The van der Waals surface area contributed by atoms with Crippen molar-refractivity contribution in [3.05, 3.63) is 30.1 Å². The minimum atomic E-state index is 0.456. The van der Waals surface area contributed by atoms with Crippen molar-refractivity contribution in [1.29, 1.82) is 0 Å². The molecule has 1 aromatic rings. The van der Waals surface area contributed by atoms with E-state index in [4.69, 9.17) is 5.84 Å². The summed E-state index contributed by atoms with van der Waals surface area (Å²) in [5, 5.41) is 0. The van der Waals surface area contributed by atoms with Crippen LogP contribution in [0.5, 0.6) is 0 Å². The molecule has 1 saturated carbocycles. The average Bonchev–Trinajstić information content (AvgIpc) is 2.42. The van der Waals surface area contributed by atoms with Crippen molar-refractivity contribution >= 4 is 0 Å². The second kappa shape index (κ2) is 6.72. The smallest absolute Gasteiger partial charge is 0.0404 e. The van der Waals surface area contributed by atoms with Crippen LogP contribution >= 0.6 is 0 Å². The number of nitrogens with zero attached hydrogens (tertiary/aromatic N) is 1. The first kappa shape index (κ1) is 12.5. The first-order valence-corrected chi connectivity index (χ1v) is 6.76. The van der Waals surface area contributed by atoms with Crippen molar-refractivity contribution < 1.29 is 0 Å². The lowest BCUT2D eigenvalue weighted by atomic mass is 9.82. The number of hydrogen-bond donors (Lipinski definition) is 2. The van der Waals surface area contributed by atoms with Gasteiger partial charge in [-0.05, 0) is 43.7 Å². The standard InChI is InChI=1S/C14H23N3/c15-17-14(12-6-2-1-3-7-12)10-9-13-8-4-5-11-16-13/h4-5,8,11-12,14,17H,1-3,6-7,9-10,15H2. The molecule has 0 aliphatic heterocycles. The van der Waals surface area contributed by atoms with Crippen LogP contribution in [0.25, 0.3) is 0 Å². The molecule has 1 aliphatic carbocycles. The number of hydrazine groups is 1. The van der Waals surface area contributed by atoms with Gasteiger partial charge < -0.3 is 0 Å². The quantitative estimate of drug-likeness (QED) is 0.606. The summed E-state index contributed by atoms with van der Waals surface area (Å²) >= 11 is 0. The first-order chi connectivity index (χ1) is 8.40. The average molecular weight is 233 g/mol. The SMILES string of the molecule is NNC(CCc1ccccn1)C1CCCCC1. The molecule has 1 heterocycles. The van der Waals surface area contributed by atoms with Gasteiger partial charge in [0.05, 0.1) is 0 Å². The highest BCUT2D eigenvalue weighted by atomic mass is 15.2. The maximum atomic E-state index is 5.70. The number of hydrogen-bond acceptors (Lipinski definition) is 3. The number of nitrogens with one attached hydrogen (secondary N) is 1. The van der Waals surface area contributed by atoms with Crippen LogP contribution < -0.4 is 11.3 Å². The molecule has 0 aromatic carbocycles. The largest absolute Gasteiger partial charge is 0.271 e. The zero-order chi connectivity index (χ0) is 11.9. The molecule has 1 atom stereocenters. The van der Waals surface area contributed by atoms with Crippen molar-refractivity contribution in [2.45, 2.75) is 51.0 Å². The van der Waals surface area contributed by atoms with Crippen molar-refractivity contribution in [1.82, 2.24) is 10.4 Å². The fourth-order valence-corrected chi connectivity index (χ4v) is 2.84. The van der Waals surface area contributed by atoms with Crippen molar-refractivity contribution in [2.75, 3.05) is 0 Å². The van der Waals surface area contributed by atoms with Gasteiger partial charge in [-0.15, -0.1) is 0 Å². The summed E-state index contributed by atoms with van der Waals surface area (Å²) in [7, 11) is 0. The Morgan fingerprint density at radius 1 is 1.29 bits per heavy atom. The number of nitrogens with two attached hydrogens (primary N) is 1. The second-order valence-corrected chi connectivity index (χ2v) is 5.03. The highest BCUT2D eigenvalue weighted by molar-refractivity contribution is 5.03. The van der Waals surface area contributed by atoms with E-state index in [0.29, 0.717) is 6.04 Å². The Labute approximate surface area is 104 Å². The maximum absolute atomic E-state index is 5.70. The monoisotopic (exact) mass is 233 g/mol. The molecule has 0 amide bonds. The predicted octanol–water partition coefficient (Wildman–Crippen LogP) is 2.43. The van der Waals surface area contributed by atoms with E-state index < -0.39 is 0 Å². The molecule has 0 radical (unpaired) electrons. The Hall–Kier alpha value is -0.930. The van der Waals surface area contributed by atoms with Crippen LogP contribution in [0.2, 0.25) is 0 Å². The summed E-state index contributed by atoms with van der Waals surface area (Å²) in [4.78, 5) is 4.36. The Kier molecular flexibility index (Phi) is 4.95. The minimum absolute atomic E-state index is 0.456. The van der Waals surface area contributed by atoms with Crippen LogP contribution in [0, 0.1) is 5.92 Å². The summed E-state index contributed by atoms with van der Waals surface area (Å²) in [6.07, 6.45) is 10.8. The van der Waals surface area contributed by atoms with Gasteiger partial charge in [0, 0.05) is 17.9 Å². The van der Waals surface area contributed by atoms with Gasteiger partial charge in [-0.2, -0.15) is 0 Å². The van der Waals surface area contributed by atoms with Crippen LogP contribution in [0.3, 0.4) is 0 Å². The van der Waals surface area contributed by atoms with E-state index in [0.717, 1.165) is 18.8 Å². The Bertz CT molecular complexity index is 307. The van der Waals surface area contributed by atoms with E-state index in [2.05, 4.69) is 16.5 Å².